The van der Waals surface area contributed by atoms with E-state index < -0.39 is 0 Å². The molecular weight excluding hydrogens is 236 g/mol. The Morgan fingerprint density at radius 3 is 2.74 bits per heavy atom. The second-order valence-corrected chi connectivity index (χ2v) is 5.89. The van der Waals surface area contributed by atoms with Crippen LogP contribution in [0.2, 0.25) is 0 Å². The minimum atomic E-state index is -0.368. The Hall–Kier alpha value is -1.51. The fraction of sp³-hybridized carbons (Fsp3) is 0.562. The van der Waals surface area contributed by atoms with E-state index in [2.05, 4.69) is 19.2 Å². The molecular formula is C16H24N2O. The van der Waals surface area contributed by atoms with Crippen LogP contribution >= 0.6 is 0 Å². The molecule has 0 heterocycles. The summed E-state index contributed by atoms with van der Waals surface area (Å²) in [5.74, 6) is 1.04. The molecule has 0 saturated heterocycles. The van der Waals surface area contributed by atoms with Gasteiger partial charge in [-0.1, -0.05) is 32.8 Å². The van der Waals surface area contributed by atoms with Crippen LogP contribution in [0, 0.1) is 11.8 Å². The van der Waals surface area contributed by atoms with Gasteiger partial charge in [-0.15, -0.1) is 0 Å². The summed E-state index contributed by atoms with van der Waals surface area (Å²) >= 11 is 0. The van der Waals surface area contributed by atoms with E-state index in [9.17, 15) is 4.79 Å². The number of carbonyl (C=O) groups is 1. The zero-order valence-corrected chi connectivity index (χ0v) is 11.9. The van der Waals surface area contributed by atoms with Gasteiger partial charge in [0, 0.05) is 17.3 Å². The Morgan fingerprint density at radius 2 is 2.05 bits per heavy atom. The van der Waals surface area contributed by atoms with Crippen LogP contribution in [0.3, 0.4) is 0 Å². The zero-order valence-electron chi connectivity index (χ0n) is 11.9. The lowest BCUT2D eigenvalue weighted by atomic mass is 9.78. The zero-order chi connectivity index (χ0) is 13.8. The molecule has 1 aliphatic rings. The van der Waals surface area contributed by atoms with Crippen molar-refractivity contribution in [3.8, 4) is 0 Å². The van der Waals surface area contributed by atoms with Gasteiger partial charge in [-0.3, -0.25) is 4.79 Å². The van der Waals surface area contributed by atoms with Crippen LogP contribution in [0.15, 0.2) is 24.3 Å². The normalized spacial score (nSPS) is 23.3. The molecule has 0 bridgehead atoms. The van der Waals surface area contributed by atoms with Crippen LogP contribution in [-0.2, 0) is 0 Å². The summed E-state index contributed by atoms with van der Waals surface area (Å²) in [5.41, 5.74) is 6.90. The van der Waals surface area contributed by atoms with Crippen molar-refractivity contribution in [1.29, 1.82) is 0 Å². The maximum atomic E-state index is 11.2. The smallest absolute Gasteiger partial charge is 0.248 e. The first-order valence-electron chi connectivity index (χ1n) is 7.24. The van der Waals surface area contributed by atoms with E-state index in [1.54, 1.807) is 6.07 Å². The maximum Gasteiger partial charge on any atom is 0.248 e. The summed E-state index contributed by atoms with van der Waals surface area (Å²) in [6.45, 7) is 4.59. The largest absolute Gasteiger partial charge is 0.382 e. The number of hydrogen-bond donors (Lipinski definition) is 2. The van der Waals surface area contributed by atoms with Gasteiger partial charge in [-0.25, -0.2) is 0 Å². The molecule has 0 radical (unpaired) electrons. The number of anilines is 1. The highest BCUT2D eigenvalue weighted by molar-refractivity contribution is 5.93. The molecule has 2 rings (SSSR count). The molecule has 1 fully saturated rings. The molecule has 0 spiro atoms. The van der Waals surface area contributed by atoms with Crippen molar-refractivity contribution in [2.24, 2.45) is 17.6 Å². The lowest BCUT2D eigenvalue weighted by molar-refractivity contribution is 0.100. The predicted molar refractivity (Wildman–Crippen MR) is 79.2 cm³/mol. The van der Waals surface area contributed by atoms with Gasteiger partial charge < -0.3 is 11.1 Å². The van der Waals surface area contributed by atoms with Crippen LogP contribution in [0.4, 0.5) is 5.69 Å². The van der Waals surface area contributed by atoms with Crippen molar-refractivity contribution in [2.75, 3.05) is 5.32 Å². The Labute approximate surface area is 115 Å². The van der Waals surface area contributed by atoms with E-state index in [-0.39, 0.29) is 5.91 Å². The quantitative estimate of drug-likeness (QED) is 0.871. The molecule has 0 aliphatic heterocycles. The third kappa shape index (κ3) is 3.49. The average molecular weight is 260 g/mol. The summed E-state index contributed by atoms with van der Waals surface area (Å²) < 4.78 is 0. The van der Waals surface area contributed by atoms with Crippen LogP contribution in [-0.4, -0.2) is 11.9 Å². The third-order valence-corrected chi connectivity index (χ3v) is 4.17. The van der Waals surface area contributed by atoms with Crippen LogP contribution in [0.25, 0.3) is 0 Å². The Bertz CT molecular complexity index is 442. The van der Waals surface area contributed by atoms with Gasteiger partial charge in [-0.2, -0.15) is 0 Å². The average Bonchev–Trinajstić information content (AvgIpc) is 2.39. The molecule has 1 amide bonds. The molecule has 1 aromatic rings. The van der Waals surface area contributed by atoms with Gasteiger partial charge in [0.2, 0.25) is 5.91 Å². The number of primary amides is 1. The SMILES string of the molecule is CC(C)C1CCCCC1Nc1cccc(C(N)=O)c1. The molecule has 1 saturated carbocycles. The van der Waals surface area contributed by atoms with Crippen molar-refractivity contribution in [2.45, 2.75) is 45.6 Å². The van der Waals surface area contributed by atoms with E-state index in [1.165, 1.54) is 25.7 Å². The predicted octanol–water partition coefficient (Wildman–Crippen LogP) is 3.41. The Balaban J connectivity index is 2.10. The number of amides is 1. The Morgan fingerprint density at radius 1 is 1.32 bits per heavy atom. The van der Waals surface area contributed by atoms with E-state index in [4.69, 9.17) is 5.73 Å². The van der Waals surface area contributed by atoms with Gasteiger partial charge in [0.25, 0.3) is 0 Å². The minimum absolute atomic E-state index is 0.368. The lowest BCUT2D eigenvalue weighted by Gasteiger charge is -2.35. The number of rotatable bonds is 4. The number of carbonyl (C=O) groups excluding carboxylic acids is 1. The summed E-state index contributed by atoms with van der Waals surface area (Å²) in [4.78, 5) is 11.2. The van der Waals surface area contributed by atoms with Gasteiger partial charge in [0.15, 0.2) is 0 Å². The molecule has 19 heavy (non-hydrogen) atoms. The van der Waals surface area contributed by atoms with Gasteiger partial charge in [-0.05, 0) is 42.9 Å². The topological polar surface area (TPSA) is 55.1 Å². The summed E-state index contributed by atoms with van der Waals surface area (Å²) in [7, 11) is 0. The molecule has 3 heteroatoms. The van der Waals surface area contributed by atoms with Crippen molar-refractivity contribution in [1.82, 2.24) is 0 Å². The van der Waals surface area contributed by atoms with E-state index >= 15 is 0 Å². The highest BCUT2D eigenvalue weighted by Crippen LogP contribution is 2.32. The summed E-state index contributed by atoms with van der Waals surface area (Å²) in [5, 5.41) is 3.60. The molecule has 2 atom stereocenters. The second-order valence-electron chi connectivity index (χ2n) is 5.89. The van der Waals surface area contributed by atoms with Crippen LogP contribution in [0.1, 0.15) is 49.9 Å². The molecule has 1 aliphatic carbocycles. The number of hydrogen-bond acceptors (Lipinski definition) is 2. The van der Waals surface area contributed by atoms with Crippen LogP contribution in [0.5, 0.6) is 0 Å². The first-order valence-corrected chi connectivity index (χ1v) is 7.24. The summed E-state index contributed by atoms with van der Waals surface area (Å²) in [6.07, 6.45) is 5.13. The van der Waals surface area contributed by atoms with Crippen LogP contribution < -0.4 is 11.1 Å². The van der Waals surface area contributed by atoms with Gasteiger partial charge in [0.05, 0.1) is 0 Å². The standard InChI is InChI=1S/C16H24N2O/c1-11(2)14-8-3-4-9-15(14)18-13-7-5-6-12(10-13)16(17)19/h5-7,10-11,14-15,18H,3-4,8-9H2,1-2H3,(H2,17,19). The second kappa shape index (κ2) is 6.09. The van der Waals surface area contributed by atoms with Gasteiger partial charge in [0.1, 0.15) is 0 Å². The fourth-order valence-corrected chi connectivity index (χ4v) is 3.11. The molecule has 3 N–H and O–H groups in total. The van der Waals surface area contributed by atoms with Crippen molar-refractivity contribution < 1.29 is 4.79 Å². The van der Waals surface area contributed by atoms with Crippen molar-refractivity contribution in [3.05, 3.63) is 29.8 Å². The maximum absolute atomic E-state index is 11.2. The first-order chi connectivity index (χ1) is 9.08. The lowest BCUT2D eigenvalue weighted by Crippen LogP contribution is -2.35. The van der Waals surface area contributed by atoms with E-state index in [0.717, 1.165) is 5.69 Å². The molecule has 2 unspecified atom stereocenters. The highest BCUT2D eigenvalue weighted by atomic mass is 16.1. The molecule has 1 aromatic carbocycles. The van der Waals surface area contributed by atoms with Crippen molar-refractivity contribution in [3.63, 3.8) is 0 Å². The molecule has 3 nitrogen and oxygen atoms in total. The fourth-order valence-electron chi connectivity index (χ4n) is 3.11. The number of nitrogens with one attached hydrogen (secondary N) is 1. The monoisotopic (exact) mass is 260 g/mol. The third-order valence-electron chi connectivity index (χ3n) is 4.17. The Kier molecular flexibility index (Phi) is 4.46. The minimum Gasteiger partial charge on any atom is -0.382 e. The highest BCUT2D eigenvalue weighted by Gasteiger charge is 2.27. The first kappa shape index (κ1) is 13.9. The number of benzene rings is 1. The van der Waals surface area contributed by atoms with Crippen molar-refractivity contribution >= 4 is 11.6 Å². The van der Waals surface area contributed by atoms with E-state index in [1.807, 2.05) is 18.2 Å². The van der Waals surface area contributed by atoms with Gasteiger partial charge >= 0.3 is 0 Å². The summed E-state index contributed by atoms with van der Waals surface area (Å²) in [6, 6.07) is 8.02. The number of nitrogens with two attached hydrogens (primary N) is 1. The van der Waals surface area contributed by atoms with E-state index in [0.29, 0.717) is 23.4 Å². The molecule has 104 valence electrons. The molecule has 0 aromatic heterocycles.